The van der Waals surface area contributed by atoms with E-state index in [0.717, 1.165) is 5.56 Å². The molecule has 16 heavy (non-hydrogen) atoms. The van der Waals surface area contributed by atoms with Crippen molar-refractivity contribution in [3.05, 3.63) is 29.5 Å². The highest BCUT2D eigenvalue weighted by Crippen LogP contribution is 2.34. The average Bonchev–Trinajstić information content (AvgIpc) is 2.63. The van der Waals surface area contributed by atoms with Gasteiger partial charge in [-0.1, -0.05) is 6.07 Å². The highest BCUT2D eigenvalue weighted by molar-refractivity contribution is 6.20. The topological polar surface area (TPSA) is 61.6 Å². The fourth-order valence-electron chi connectivity index (χ4n) is 1.76. The highest BCUT2D eigenvalue weighted by Gasteiger charge is 2.17. The van der Waals surface area contributed by atoms with E-state index in [1.54, 1.807) is 25.1 Å². The van der Waals surface area contributed by atoms with Gasteiger partial charge in [0.1, 0.15) is 0 Å². The summed E-state index contributed by atoms with van der Waals surface area (Å²) in [6, 6.07) is 5.36. The van der Waals surface area contributed by atoms with Gasteiger partial charge in [0.25, 0.3) is 0 Å². The van der Waals surface area contributed by atoms with Crippen LogP contribution in [0.4, 0.5) is 0 Å². The van der Waals surface area contributed by atoms with Gasteiger partial charge in [0.2, 0.25) is 6.79 Å². The molecule has 4 nitrogen and oxygen atoms in total. The molecular weight excluding hydrogens is 206 g/mol. The number of rotatable bonds is 2. The predicted molar refractivity (Wildman–Crippen MR) is 60.0 cm³/mol. The third-order valence-electron chi connectivity index (χ3n) is 2.41. The van der Waals surface area contributed by atoms with Gasteiger partial charge in [-0.15, -0.1) is 0 Å². The fraction of sp³-hybridized carbons (Fsp3) is 0.250. The molecule has 0 atom stereocenters. The Morgan fingerprint density at radius 3 is 2.56 bits per heavy atom. The van der Waals surface area contributed by atoms with Crippen LogP contribution < -0.4 is 15.2 Å². The second-order valence-corrected chi connectivity index (χ2v) is 3.68. The van der Waals surface area contributed by atoms with Gasteiger partial charge in [-0.2, -0.15) is 0 Å². The smallest absolute Gasteiger partial charge is 0.231 e. The van der Waals surface area contributed by atoms with E-state index < -0.39 is 0 Å². The molecule has 0 fully saturated rings. The van der Waals surface area contributed by atoms with Crippen molar-refractivity contribution in [2.75, 3.05) is 6.79 Å². The molecule has 0 aliphatic carbocycles. The van der Waals surface area contributed by atoms with Gasteiger partial charge in [0.05, 0.1) is 0 Å². The Balaban J connectivity index is 2.48. The van der Waals surface area contributed by atoms with Crippen molar-refractivity contribution < 1.29 is 14.3 Å². The summed E-state index contributed by atoms with van der Waals surface area (Å²) in [7, 11) is 0. The number of fused-ring (bicyclic) bond motifs is 1. The molecule has 1 heterocycles. The first kappa shape index (κ1) is 10.5. The minimum absolute atomic E-state index is 0.0566. The third kappa shape index (κ3) is 1.74. The number of hydrogen-bond donors (Lipinski definition) is 1. The van der Waals surface area contributed by atoms with Gasteiger partial charge in [-0.3, -0.25) is 4.79 Å². The summed E-state index contributed by atoms with van der Waals surface area (Å²) in [5.41, 5.74) is 7.49. The lowest BCUT2D eigenvalue weighted by Gasteiger charge is -2.07. The van der Waals surface area contributed by atoms with Crippen molar-refractivity contribution >= 4 is 11.4 Å². The largest absolute Gasteiger partial charge is 0.454 e. The molecular formula is C12H13NO3. The van der Waals surface area contributed by atoms with Crippen LogP contribution in [0.1, 0.15) is 19.4 Å². The maximum atomic E-state index is 11.5. The molecule has 0 amide bonds. The van der Waals surface area contributed by atoms with E-state index in [2.05, 4.69) is 0 Å². The van der Waals surface area contributed by atoms with Gasteiger partial charge < -0.3 is 15.2 Å². The lowest BCUT2D eigenvalue weighted by atomic mass is 10.0. The summed E-state index contributed by atoms with van der Waals surface area (Å²) in [4.78, 5) is 11.5. The fourth-order valence-corrected chi connectivity index (χ4v) is 1.76. The molecule has 0 radical (unpaired) electrons. The van der Waals surface area contributed by atoms with Crippen LogP contribution in [-0.2, 0) is 4.79 Å². The van der Waals surface area contributed by atoms with Crippen LogP contribution >= 0.6 is 0 Å². The first-order valence-corrected chi connectivity index (χ1v) is 4.97. The maximum absolute atomic E-state index is 11.5. The number of Topliss-reactive ketones (excluding diaryl/α,β-unsaturated/α-hetero) is 1. The van der Waals surface area contributed by atoms with E-state index >= 15 is 0 Å². The Kier molecular flexibility index (Phi) is 2.56. The van der Waals surface area contributed by atoms with Crippen molar-refractivity contribution in [1.82, 2.24) is 0 Å². The molecule has 1 aromatic rings. The lowest BCUT2D eigenvalue weighted by molar-refractivity contribution is -0.111. The monoisotopic (exact) mass is 219 g/mol. The first-order chi connectivity index (χ1) is 7.59. The van der Waals surface area contributed by atoms with E-state index in [9.17, 15) is 4.79 Å². The third-order valence-corrected chi connectivity index (χ3v) is 2.41. The van der Waals surface area contributed by atoms with E-state index in [4.69, 9.17) is 15.2 Å². The average molecular weight is 219 g/mol. The van der Waals surface area contributed by atoms with Gasteiger partial charge >= 0.3 is 0 Å². The molecule has 1 aliphatic rings. The summed E-state index contributed by atoms with van der Waals surface area (Å²) in [6.45, 7) is 3.43. The predicted octanol–water partition coefficient (Wildman–Crippen LogP) is 1.69. The normalized spacial score (nSPS) is 14.6. The lowest BCUT2D eigenvalue weighted by Crippen LogP contribution is -2.05. The number of nitrogens with two attached hydrogens (primary N) is 1. The Hall–Kier alpha value is -1.97. The minimum Gasteiger partial charge on any atom is -0.454 e. The quantitative estimate of drug-likeness (QED) is 0.769. The number of benzene rings is 1. The molecule has 0 saturated carbocycles. The minimum atomic E-state index is -0.0566. The van der Waals surface area contributed by atoms with Crippen LogP contribution in [0.25, 0.3) is 5.57 Å². The van der Waals surface area contributed by atoms with Crippen LogP contribution in [0.3, 0.4) is 0 Å². The molecule has 2 N–H and O–H groups in total. The van der Waals surface area contributed by atoms with Gasteiger partial charge in [0, 0.05) is 11.3 Å². The second kappa shape index (κ2) is 3.89. The highest BCUT2D eigenvalue weighted by atomic mass is 16.7. The molecule has 4 heteroatoms. The molecule has 1 aromatic carbocycles. The second-order valence-electron chi connectivity index (χ2n) is 3.68. The number of ether oxygens (including phenoxy) is 2. The van der Waals surface area contributed by atoms with E-state index in [0.29, 0.717) is 22.8 Å². The molecule has 1 aliphatic heterocycles. The maximum Gasteiger partial charge on any atom is 0.231 e. The summed E-state index contributed by atoms with van der Waals surface area (Å²) >= 11 is 0. The summed E-state index contributed by atoms with van der Waals surface area (Å²) < 4.78 is 10.5. The molecule has 0 bridgehead atoms. The number of carbonyl (C=O) groups is 1. The van der Waals surface area contributed by atoms with Crippen LogP contribution in [0.15, 0.2) is 23.9 Å². The van der Waals surface area contributed by atoms with Crippen molar-refractivity contribution in [3.8, 4) is 11.5 Å². The molecule has 84 valence electrons. The van der Waals surface area contributed by atoms with E-state index in [1.807, 2.05) is 0 Å². The number of ketones is 1. The van der Waals surface area contributed by atoms with Crippen LogP contribution in [0.5, 0.6) is 11.5 Å². The SMILES string of the molecule is CC(=O)/C(=C(\C)N)c1ccc2c(c1)OCO2. The van der Waals surface area contributed by atoms with Gasteiger partial charge in [0.15, 0.2) is 17.3 Å². The van der Waals surface area contributed by atoms with Crippen LogP contribution in [-0.4, -0.2) is 12.6 Å². The first-order valence-electron chi connectivity index (χ1n) is 4.97. The van der Waals surface area contributed by atoms with Gasteiger partial charge in [-0.25, -0.2) is 0 Å². The van der Waals surface area contributed by atoms with Crippen molar-refractivity contribution in [2.45, 2.75) is 13.8 Å². The van der Waals surface area contributed by atoms with Crippen molar-refractivity contribution in [1.29, 1.82) is 0 Å². The Morgan fingerprint density at radius 2 is 1.94 bits per heavy atom. The van der Waals surface area contributed by atoms with Crippen LogP contribution in [0, 0.1) is 0 Å². The molecule has 0 spiro atoms. The van der Waals surface area contributed by atoms with Crippen LogP contribution in [0.2, 0.25) is 0 Å². The zero-order valence-corrected chi connectivity index (χ0v) is 9.24. The summed E-state index contributed by atoms with van der Waals surface area (Å²) in [6.07, 6.45) is 0. The van der Waals surface area contributed by atoms with Crippen molar-refractivity contribution in [2.24, 2.45) is 5.73 Å². The molecule has 0 aromatic heterocycles. The Morgan fingerprint density at radius 1 is 1.25 bits per heavy atom. The Bertz CT molecular complexity index is 473. The standard InChI is InChI=1S/C12H13NO3/c1-7(13)12(8(2)14)9-3-4-10-11(5-9)16-6-15-10/h3-5H,6,13H2,1-2H3/b12-7-. The Labute approximate surface area is 93.7 Å². The number of hydrogen-bond acceptors (Lipinski definition) is 4. The molecule has 0 saturated heterocycles. The molecule has 2 rings (SSSR count). The number of allylic oxidation sites excluding steroid dienone is 2. The zero-order chi connectivity index (χ0) is 11.7. The number of carbonyl (C=O) groups excluding carboxylic acids is 1. The van der Waals surface area contributed by atoms with E-state index in [1.165, 1.54) is 6.92 Å². The van der Waals surface area contributed by atoms with E-state index in [-0.39, 0.29) is 12.6 Å². The summed E-state index contributed by atoms with van der Waals surface area (Å²) in [5.74, 6) is 1.29. The molecule has 0 unspecified atom stereocenters. The zero-order valence-electron chi connectivity index (χ0n) is 9.24. The van der Waals surface area contributed by atoms with Gasteiger partial charge in [-0.05, 0) is 31.5 Å². The summed E-state index contributed by atoms with van der Waals surface area (Å²) in [5, 5.41) is 0. The van der Waals surface area contributed by atoms with Crippen molar-refractivity contribution in [3.63, 3.8) is 0 Å².